The first-order chi connectivity index (χ1) is 13.7. The summed E-state index contributed by atoms with van der Waals surface area (Å²) < 4.78 is 7.39. The summed E-state index contributed by atoms with van der Waals surface area (Å²) in [5, 5.41) is 11.8. The van der Waals surface area contributed by atoms with E-state index in [9.17, 15) is 9.90 Å². The highest BCUT2D eigenvalue weighted by atomic mass is 16.5. The number of carbonyl (C=O) groups excluding carboxylic acids is 1. The van der Waals surface area contributed by atoms with E-state index < -0.39 is 5.60 Å². The number of piperidine rings is 1. The van der Waals surface area contributed by atoms with Crippen LogP contribution < -0.4 is 0 Å². The first-order valence-corrected chi connectivity index (χ1v) is 10.8. The molecule has 1 atom stereocenters. The normalized spacial score (nSPS) is 19.0. The molecule has 1 aliphatic rings. The van der Waals surface area contributed by atoms with Crippen LogP contribution in [0.4, 0.5) is 0 Å². The molecule has 162 valence electrons. The smallest absolute Gasteiger partial charge is 0.340 e. The third-order valence-electron chi connectivity index (χ3n) is 6.20. The van der Waals surface area contributed by atoms with Gasteiger partial charge in [-0.05, 0) is 91.6 Å². The standard InChI is InChI=1S/C24H38N2O3/c1-8-13-26-20(16-17(4)9-2)21(23(27)29-10-3)18(5)22(26)24(6,28)19-11-14-25(7)15-12-19/h8,13,16,19,28H,9-12,14-15H2,1-7H3/b13-8-,17-16-. The fourth-order valence-corrected chi connectivity index (χ4v) is 4.36. The van der Waals surface area contributed by atoms with E-state index in [1.165, 1.54) is 5.57 Å². The van der Waals surface area contributed by atoms with Crippen molar-refractivity contribution >= 4 is 18.2 Å². The number of hydrogen-bond donors (Lipinski definition) is 1. The Morgan fingerprint density at radius 3 is 2.45 bits per heavy atom. The Morgan fingerprint density at radius 2 is 1.93 bits per heavy atom. The highest BCUT2D eigenvalue weighted by molar-refractivity contribution is 5.96. The number of rotatable bonds is 7. The molecule has 2 heterocycles. The van der Waals surface area contributed by atoms with Crippen LogP contribution in [-0.4, -0.2) is 47.3 Å². The highest BCUT2D eigenvalue weighted by Gasteiger charge is 2.41. The summed E-state index contributed by atoms with van der Waals surface area (Å²) >= 11 is 0. The molecule has 1 N–H and O–H groups in total. The summed E-state index contributed by atoms with van der Waals surface area (Å²) in [5.74, 6) is -0.195. The zero-order chi connectivity index (χ0) is 21.8. The van der Waals surface area contributed by atoms with Gasteiger partial charge in [0.1, 0.15) is 5.60 Å². The summed E-state index contributed by atoms with van der Waals surface area (Å²) in [6, 6.07) is 0. The van der Waals surface area contributed by atoms with Gasteiger partial charge in [-0.1, -0.05) is 18.6 Å². The molecule has 0 radical (unpaired) electrons. The molecule has 5 heteroatoms. The molecule has 0 aromatic carbocycles. The van der Waals surface area contributed by atoms with E-state index in [-0.39, 0.29) is 11.9 Å². The van der Waals surface area contributed by atoms with E-state index in [1.54, 1.807) is 0 Å². The molecule has 29 heavy (non-hydrogen) atoms. The number of ether oxygens (including phenoxy) is 1. The fourth-order valence-electron chi connectivity index (χ4n) is 4.36. The molecule has 0 aliphatic carbocycles. The number of esters is 1. The Morgan fingerprint density at radius 1 is 1.31 bits per heavy atom. The molecule has 5 nitrogen and oxygen atoms in total. The van der Waals surface area contributed by atoms with E-state index in [0.717, 1.165) is 49.3 Å². The van der Waals surface area contributed by atoms with E-state index in [1.807, 2.05) is 50.6 Å². The minimum Gasteiger partial charge on any atom is -0.462 e. The lowest BCUT2D eigenvalue weighted by Gasteiger charge is -2.39. The molecule has 0 saturated carbocycles. The molecule has 1 aromatic heterocycles. The summed E-state index contributed by atoms with van der Waals surface area (Å²) in [5.41, 5.74) is 3.08. The molecule has 0 spiro atoms. The predicted molar refractivity (Wildman–Crippen MR) is 120 cm³/mol. The summed E-state index contributed by atoms with van der Waals surface area (Å²) in [6.07, 6.45) is 8.69. The summed E-state index contributed by atoms with van der Waals surface area (Å²) in [7, 11) is 2.12. The van der Waals surface area contributed by atoms with Gasteiger partial charge in [0.05, 0.1) is 23.6 Å². The van der Waals surface area contributed by atoms with Gasteiger partial charge in [0, 0.05) is 6.20 Å². The van der Waals surface area contributed by atoms with E-state index in [0.29, 0.717) is 12.2 Å². The number of hydrogen-bond acceptors (Lipinski definition) is 4. The third kappa shape index (κ3) is 4.84. The maximum Gasteiger partial charge on any atom is 0.340 e. The van der Waals surface area contributed by atoms with Crippen LogP contribution >= 0.6 is 0 Å². The second kappa shape index (κ2) is 9.77. The average molecular weight is 403 g/mol. The number of likely N-dealkylation sites (tertiary alicyclic amines) is 1. The van der Waals surface area contributed by atoms with Crippen molar-refractivity contribution in [1.82, 2.24) is 9.47 Å². The number of nitrogens with zero attached hydrogens (tertiary/aromatic N) is 2. The molecular weight excluding hydrogens is 364 g/mol. The number of allylic oxidation sites excluding steroid dienone is 2. The SMILES string of the molecule is C/C=C\n1c(/C=C(/C)CC)c(C(=O)OCC)c(C)c1C(C)(O)C1CCN(C)CC1. The van der Waals surface area contributed by atoms with Crippen LogP contribution in [0.5, 0.6) is 0 Å². The zero-order valence-electron chi connectivity index (χ0n) is 19.2. The van der Waals surface area contributed by atoms with Gasteiger partial charge in [0.25, 0.3) is 0 Å². The van der Waals surface area contributed by atoms with Crippen molar-refractivity contribution in [3.8, 4) is 0 Å². The largest absolute Gasteiger partial charge is 0.462 e. The van der Waals surface area contributed by atoms with Crippen molar-refractivity contribution in [3.63, 3.8) is 0 Å². The summed E-state index contributed by atoms with van der Waals surface area (Å²) in [6.45, 7) is 14.0. The Balaban J connectivity index is 2.73. The first-order valence-electron chi connectivity index (χ1n) is 10.8. The quantitative estimate of drug-likeness (QED) is 0.664. The lowest BCUT2D eigenvalue weighted by atomic mass is 9.78. The van der Waals surface area contributed by atoms with Crippen molar-refractivity contribution in [1.29, 1.82) is 0 Å². The molecule has 1 aliphatic heterocycles. The topological polar surface area (TPSA) is 54.7 Å². The Labute approximate surface area is 176 Å². The van der Waals surface area contributed by atoms with Crippen LogP contribution in [0.3, 0.4) is 0 Å². The molecule has 0 bridgehead atoms. The molecule has 1 unspecified atom stereocenters. The number of aromatic nitrogens is 1. The van der Waals surface area contributed by atoms with Crippen LogP contribution in [0.15, 0.2) is 11.6 Å². The molecular formula is C24H38N2O3. The molecule has 0 amide bonds. The predicted octanol–water partition coefficient (Wildman–Crippen LogP) is 4.83. The molecule has 2 rings (SSSR count). The molecule has 1 saturated heterocycles. The zero-order valence-corrected chi connectivity index (χ0v) is 19.2. The average Bonchev–Trinajstić information content (AvgIpc) is 2.94. The Hall–Kier alpha value is -1.85. The van der Waals surface area contributed by atoms with Crippen molar-refractivity contribution in [2.24, 2.45) is 5.92 Å². The van der Waals surface area contributed by atoms with Gasteiger partial charge in [-0.2, -0.15) is 0 Å². The minimum atomic E-state index is -1.04. The van der Waals surface area contributed by atoms with E-state index in [2.05, 4.69) is 25.8 Å². The van der Waals surface area contributed by atoms with Crippen LogP contribution in [0.1, 0.15) is 81.2 Å². The van der Waals surface area contributed by atoms with E-state index >= 15 is 0 Å². The molecule has 1 aromatic rings. The van der Waals surface area contributed by atoms with E-state index in [4.69, 9.17) is 4.74 Å². The maximum absolute atomic E-state index is 12.9. The van der Waals surface area contributed by atoms with Crippen molar-refractivity contribution in [3.05, 3.63) is 34.2 Å². The van der Waals surface area contributed by atoms with Crippen molar-refractivity contribution < 1.29 is 14.6 Å². The van der Waals surface area contributed by atoms with Gasteiger partial charge in [-0.3, -0.25) is 0 Å². The van der Waals surface area contributed by atoms with Gasteiger partial charge < -0.3 is 19.3 Å². The highest BCUT2D eigenvalue weighted by Crippen LogP contribution is 2.41. The third-order valence-corrected chi connectivity index (χ3v) is 6.20. The second-order valence-electron chi connectivity index (χ2n) is 8.38. The van der Waals surface area contributed by atoms with Crippen LogP contribution in [0.25, 0.3) is 12.3 Å². The van der Waals surface area contributed by atoms with Gasteiger partial charge in [0.2, 0.25) is 0 Å². The van der Waals surface area contributed by atoms with Crippen LogP contribution in [0.2, 0.25) is 0 Å². The van der Waals surface area contributed by atoms with Gasteiger partial charge >= 0.3 is 5.97 Å². The lowest BCUT2D eigenvalue weighted by molar-refractivity contribution is -0.0350. The van der Waals surface area contributed by atoms with Crippen LogP contribution in [0, 0.1) is 12.8 Å². The lowest BCUT2D eigenvalue weighted by Crippen LogP contribution is -2.41. The van der Waals surface area contributed by atoms with Gasteiger partial charge in [-0.25, -0.2) is 4.79 Å². The van der Waals surface area contributed by atoms with Gasteiger partial charge in [0.15, 0.2) is 0 Å². The number of carbonyl (C=O) groups is 1. The van der Waals surface area contributed by atoms with Crippen LogP contribution in [-0.2, 0) is 10.3 Å². The number of aliphatic hydroxyl groups is 1. The summed E-state index contributed by atoms with van der Waals surface area (Å²) in [4.78, 5) is 15.2. The second-order valence-corrected chi connectivity index (χ2v) is 8.38. The van der Waals surface area contributed by atoms with Crippen molar-refractivity contribution in [2.45, 2.75) is 66.4 Å². The maximum atomic E-state index is 12.9. The minimum absolute atomic E-state index is 0.135. The monoisotopic (exact) mass is 402 g/mol. The van der Waals surface area contributed by atoms with Crippen molar-refractivity contribution in [2.75, 3.05) is 26.7 Å². The fraction of sp³-hybridized carbons (Fsp3) is 0.625. The first kappa shape index (κ1) is 23.4. The Kier molecular flexibility index (Phi) is 7.89. The Bertz CT molecular complexity index is 779. The van der Waals surface area contributed by atoms with Gasteiger partial charge in [-0.15, -0.1) is 0 Å². The molecule has 1 fully saturated rings.